The van der Waals surface area contributed by atoms with Crippen LogP contribution in [-0.4, -0.2) is 44.5 Å². The predicted octanol–water partition coefficient (Wildman–Crippen LogP) is 1.20. The maximum atomic E-state index is 12.8. The number of hydrogen-bond acceptors (Lipinski definition) is 6. The molecule has 26 heavy (non-hydrogen) atoms. The van der Waals surface area contributed by atoms with Crippen molar-refractivity contribution in [3.05, 3.63) is 53.0 Å². The summed E-state index contributed by atoms with van der Waals surface area (Å²) in [6.07, 6.45) is 2.38. The lowest BCUT2D eigenvalue weighted by molar-refractivity contribution is -0.131. The monoisotopic (exact) mass is 358 g/mol. The van der Waals surface area contributed by atoms with Crippen LogP contribution in [0.3, 0.4) is 0 Å². The van der Waals surface area contributed by atoms with E-state index in [1.165, 1.54) is 4.57 Å². The second kappa shape index (κ2) is 6.58. The van der Waals surface area contributed by atoms with E-state index in [9.17, 15) is 14.0 Å². The minimum atomic E-state index is -0.564. The minimum absolute atomic E-state index is 0.0720. The molecule has 1 aromatic carbocycles. The molecule has 134 valence electrons. The molecule has 1 aliphatic rings. The molecule has 0 bridgehead atoms. The largest absolute Gasteiger partial charge is 0.458 e. The first-order chi connectivity index (χ1) is 12.6. The number of likely N-dealkylation sites (tertiary alicyclic amines) is 1. The van der Waals surface area contributed by atoms with Crippen LogP contribution in [0.25, 0.3) is 11.1 Å². The molecule has 1 atom stereocenters. The van der Waals surface area contributed by atoms with E-state index in [4.69, 9.17) is 9.15 Å². The Morgan fingerprint density at radius 2 is 2.08 bits per heavy atom. The number of carbonyl (C=O) groups is 1. The Morgan fingerprint density at radius 1 is 1.31 bits per heavy atom. The molecular formula is C17H15FN4O4. The SMILES string of the molecule is O=C(Cn1c(=O)oc2ccccc21)N1CC[C@H](Oc2ncc(F)cn2)C1. The van der Waals surface area contributed by atoms with Crippen LogP contribution < -0.4 is 10.5 Å². The van der Waals surface area contributed by atoms with Crippen molar-refractivity contribution in [3.63, 3.8) is 0 Å². The molecule has 9 heteroatoms. The van der Waals surface area contributed by atoms with Gasteiger partial charge in [0.05, 0.1) is 24.5 Å². The first kappa shape index (κ1) is 16.2. The summed E-state index contributed by atoms with van der Waals surface area (Å²) in [5.41, 5.74) is 1.03. The van der Waals surface area contributed by atoms with E-state index in [2.05, 4.69) is 9.97 Å². The summed E-state index contributed by atoms with van der Waals surface area (Å²) in [5, 5.41) is 0. The van der Waals surface area contributed by atoms with Gasteiger partial charge in [0.25, 0.3) is 0 Å². The van der Waals surface area contributed by atoms with Gasteiger partial charge in [-0.05, 0) is 12.1 Å². The molecule has 0 spiro atoms. The van der Waals surface area contributed by atoms with Crippen LogP contribution in [-0.2, 0) is 11.3 Å². The molecule has 0 saturated carbocycles. The van der Waals surface area contributed by atoms with E-state index in [0.29, 0.717) is 30.6 Å². The van der Waals surface area contributed by atoms with Gasteiger partial charge in [0.15, 0.2) is 11.4 Å². The standard InChI is InChI=1S/C17H15FN4O4/c18-11-7-19-16(20-8-11)25-12-5-6-21(9-12)15(23)10-22-13-3-1-2-4-14(13)26-17(22)24/h1-4,7-8,12H,5-6,9-10H2/t12-/m0/s1. The normalized spacial score (nSPS) is 17.0. The number of aromatic nitrogens is 3. The Bertz CT molecular complexity index is 998. The van der Waals surface area contributed by atoms with Gasteiger partial charge < -0.3 is 14.1 Å². The van der Waals surface area contributed by atoms with Gasteiger partial charge in [-0.3, -0.25) is 9.36 Å². The van der Waals surface area contributed by atoms with Crippen LogP contribution in [0.1, 0.15) is 6.42 Å². The van der Waals surface area contributed by atoms with Crippen molar-refractivity contribution >= 4 is 17.0 Å². The Balaban J connectivity index is 1.42. The summed E-state index contributed by atoms with van der Waals surface area (Å²) in [4.78, 5) is 33.6. The van der Waals surface area contributed by atoms with E-state index in [-0.39, 0.29) is 24.6 Å². The summed E-state index contributed by atoms with van der Waals surface area (Å²) in [5.74, 6) is -1.31. The molecule has 1 fully saturated rings. The fourth-order valence-corrected chi connectivity index (χ4v) is 2.96. The highest BCUT2D eigenvalue weighted by Crippen LogP contribution is 2.17. The number of fused-ring (bicyclic) bond motifs is 1. The molecule has 1 aliphatic heterocycles. The van der Waals surface area contributed by atoms with Gasteiger partial charge in [0.2, 0.25) is 5.91 Å². The van der Waals surface area contributed by atoms with Crippen molar-refractivity contribution in [1.29, 1.82) is 0 Å². The van der Waals surface area contributed by atoms with Gasteiger partial charge in [-0.25, -0.2) is 19.2 Å². The smallest absolute Gasteiger partial charge is 0.420 e. The lowest BCUT2D eigenvalue weighted by Crippen LogP contribution is -2.35. The highest BCUT2D eigenvalue weighted by atomic mass is 19.1. The Labute approximate surface area is 146 Å². The third-order valence-corrected chi connectivity index (χ3v) is 4.23. The zero-order valence-corrected chi connectivity index (χ0v) is 13.7. The maximum absolute atomic E-state index is 12.8. The Hall–Kier alpha value is -3.23. The number of nitrogens with zero attached hydrogens (tertiary/aromatic N) is 4. The lowest BCUT2D eigenvalue weighted by atomic mass is 10.3. The topological polar surface area (TPSA) is 90.5 Å². The van der Waals surface area contributed by atoms with Crippen molar-refractivity contribution in [2.45, 2.75) is 19.1 Å². The van der Waals surface area contributed by atoms with E-state index < -0.39 is 11.6 Å². The first-order valence-electron chi connectivity index (χ1n) is 8.10. The molecule has 1 amide bonds. The molecule has 4 rings (SSSR count). The number of para-hydroxylation sites is 2. The second-order valence-corrected chi connectivity index (χ2v) is 5.97. The average molecular weight is 358 g/mol. The molecule has 3 aromatic rings. The van der Waals surface area contributed by atoms with Gasteiger partial charge in [0, 0.05) is 13.0 Å². The summed E-state index contributed by atoms with van der Waals surface area (Å²) in [7, 11) is 0. The van der Waals surface area contributed by atoms with E-state index in [0.717, 1.165) is 12.4 Å². The Kier molecular flexibility index (Phi) is 4.11. The van der Waals surface area contributed by atoms with Crippen LogP contribution in [0, 0.1) is 5.82 Å². The van der Waals surface area contributed by atoms with Crippen LogP contribution in [0.15, 0.2) is 45.9 Å². The Morgan fingerprint density at radius 3 is 2.88 bits per heavy atom. The molecule has 0 N–H and O–H groups in total. The quantitative estimate of drug-likeness (QED) is 0.696. The highest BCUT2D eigenvalue weighted by molar-refractivity contribution is 5.79. The van der Waals surface area contributed by atoms with Crippen molar-refractivity contribution < 1.29 is 18.3 Å². The van der Waals surface area contributed by atoms with Gasteiger partial charge in [0.1, 0.15) is 12.6 Å². The van der Waals surface area contributed by atoms with Crippen molar-refractivity contribution in [2.75, 3.05) is 13.1 Å². The molecular weight excluding hydrogens is 343 g/mol. The van der Waals surface area contributed by atoms with Crippen molar-refractivity contribution in [3.8, 4) is 6.01 Å². The third kappa shape index (κ3) is 3.15. The van der Waals surface area contributed by atoms with Gasteiger partial charge >= 0.3 is 11.8 Å². The average Bonchev–Trinajstić information content (AvgIpc) is 3.22. The molecule has 0 radical (unpaired) electrons. The number of rotatable bonds is 4. The van der Waals surface area contributed by atoms with Gasteiger partial charge in [-0.1, -0.05) is 12.1 Å². The molecule has 0 aliphatic carbocycles. The zero-order chi connectivity index (χ0) is 18.1. The van der Waals surface area contributed by atoms with Crippen molar-refractivity contribution in [1.82, 2.24) is 19.4 Å². The van der Waals surface area contributed by atoms with Gasteiger partial charge in [-0.2, -0.15) is 0 Å². The van der Waals surface area contributed by atoms with Crippen molar-refractivity contribution in [2.24, 2.45) is 0 Å². The third-order valence-electron chi connectivity index (χ3n) is 4.23. The fraction of sp³-hybridized carbons (Fsp3) is 0.294. The van der Waals surface area contributed by atoms with E-state index >= 15 is 0 Å². The van der Waals surface area contributed by atoms with E-state index in [1.807, 2.05) is 0 Å². The molecule has 2 aromatic heterocycles. The highest BCUT2D eigenvalue weighted by Gasteiger charge is 2.29. The number of benzene rings is 1. The van der Waals surface area contributed by atoms with Gasteiger partial charge in [-0.15, -0.1) is 0 Å². The molecule has 8 nitrogen and oxygen atoms in total. The number of carbonyl (C=O) groups excluding carboxylic acids is 1. The summed E-state index contributed by atoms with van der Waals surface area (Å²) in [6.45, 7) is 0.745. The number of halogens is 1. The fourth-order valence-electron chi connectivity index (χ4n) is 2.96. The van der Waals surface area contributed by atoms with Crippen LogP contribution in [0.4, 0.5) is 4.39 Å². The maximum Gasteiger partial charge on any atom is 0.420 e. The number of oxazole rings is 1. The number of ether oxygens (including phenoxy) is 1. The van der Waals surface area contributed by atoms with Crippen LogP contribution in [0.5, 0.6) is 6.01 Å². The molecule has 1 saturated heterocycles. The number of hydrogen-bond donors (Lipinski definition) is 0. The molecule has 0 unspecified atom stereocenters. The minimum Gasteiger partial charge on any atom is -0.458 e. The summed E-state index contributed by atoms with van der Waals surface area (Å²) >= 11 is 0. The second-order valence-electron chi connectivity index (χ2n) is 5.97. The zero-order valence-electron chi connectivity index (χ0n) is 13.7. The lowest BCUT2D eigenvalue weighted by Gasteiger charge is -2.16. The number of amides is 1. The first-order valence-corrected chi connectivity index (χ1v) is 8.10. The van der Waals surface area contributed by atoms with Crippen LogP contribution in [0.2, 0.25) is 0 Å². The van der Waals surface area contributed by atoms with Crippen LogP contribution >= 0.6 is 0 Å². The van der Waals surface area contributed by atoms with E-state index in [1.54, 1.807) is 29.2 Å². The molecule has 3 heterocycles. The summed E-state index contributed by atoms with van der Waals surface area (Å²) < 4.78 is 24.8. The summed E-state index contributed by atoms with van der Waals surface area (Å²) in [6, 6.07) is 7.02. The predicted molar refractivity (Wildman–Crippen MR) is 88.1 cm³/mol.